The van der Waals surface area contributed by atoms with Crippen molar-refractivity contribution in [3.8, 4) is 5.75 Å². The second-order valence-electron chi connectivity index (χ2n) is 3.63. The molecule has 2 heteroatoms. The van der Waals surface area contributed by atoms with Gasteiger partial charge in [-0.3, -0.25) is 0 Å². The van der Waals surface area contributed by atoms with Gasteiger partial charge in [-0.25, -0.2) is 0 Å². The van der Waals surface area contributed by atoms with Crippen LogP contribution in [0.25, 0.3) is 0 Å². The van der Waals surface area contributed by atoms with Crippen molar-refractivity contribution in [2.45, 2.75) is 38.8 Å². The minimum Gasteiger partial charge on any atom is -0.546 e. The Labute approximate surface area is 88.8 Å². The molecule has 78 valence electrons. The van der Waals surface area contributed by atoms with E-state index >= 15 is 0 Å². The van der Waals surface area contributed by atoms with Crippen molar-refractivity contribution >= 4 is 9.04 Å². The minimum atomic E-state index is -0.960. The summed E-state index contributed by atoms with van der Waals surface area (Å²) in [5.41, 5.74) is 0. The van der Waals surface area contributed by atoms with Crippen LogP contribution in [-0.2, 0) is 0 Å². The first-order valence-electron chi connectivity index (χ1n) is 5.58. The molecule has 0 heterocycles. The Morgan fingerprint density at radius 3 is 2.07 bits per heavy atom. The molecule has 0 aliphatic rings. The summed E-state index contributed by atoms with van der Waals surface area (Å²) >= 11 is 0. The Morgan fingerprint density at radius 2 is 1.57 bits per heavy atom. The predicted molar refractivity (Wildman–Crippen MR) is 64.4 cm³/mol. The van der Waals surface area contributed by atoms with Gasteiger partial charge >= 0.3 is 0 Å². The van der Waals surface area contributed by atoms with Gasteiger partial charge in [-0.15, -0.1) is 0 Å². The second kappa shape index (κ2) is 6.66. The molecule has 1 nitrogen and oxygen atoms in total. The molecular formula is C12H20OSi. The van der Waals surface area contributed by atoms with Gasteiger partial charge in [-0.2, -0.15) is 0 Å². The van der Waals surface area contributed by atoms with Gasteiger partial charge in [0.05, 0.1) is 0 Å². The molecule has 0 unspecified atom stereocenters. The first kappa shape index (κ1) is 11.3. The van der Waals surface area contributed by atoms with E-state index in [-0.39, 0.29) is 0 Å². The quantitative estimate of drug-likeness (QED) is 0.649. The molecule has 0 radical (unpaired) electrons. The molecule has 0 amide bonds. The van der Waals surface area contributed by atoms with Crippen LogP contribution in [-0.4, -0.2) is 9.04 Å². The van der Waals surface area contributed by atoms with E-state index in [0.717, 1.165) is 5.75 Å². The van der Waals surface area contributed by atoms with Crippen molar-refractivity contribution in [1.82, 2.24) is 0 Å². The number of benzene rings is 1. The van der Waals surface area contributed by atoms with Crippen LogP contribution in [0, 0.1) is 0 Å². The highest BCUT2D eigenvalue weighted by Crippen LogP contribution is 2.14. The fraction of sp³-hybridized carbons (Fsp3) is 0.500. The molecule has 1 aromatic carbocycles. The maximum Gasteiger partial charge on any atom is 0.235 e. The predicted octanol–water partition coefficient (Wildman–Crippen LogP) is 3.61. The maximum atomic E-state index is 6.03. The van der Waals surface area contributed by atoms with Crippen LogP contribution >= 0.6 is 0 Å². The van der Waals surface area contributed by atoms with Gasteiger partial charge in [0.15, 0.2) is 0 Å². The monoisotopic (exact) mass is 208 g/mol. The van der Waals surface area contributed by atoms with E-state index in [1.165, 1.54) is 24.9 Å². The van der Waals surface area contributed by atoms with Crippen molar-refractivity contribution in [3.05, 3.63) is 30.3 Å². The highest BCUT2D eigenvalue weighted by Gasteiger charge is 2.10. The molecular weight excluding hydrogens is 188 g/mol. The summed E-state index contributed by atoms with van der Waals surface area (Å²) in [6.45, 7) is 4.48. The Bertz CT molecular complexity index is 229. The van der Waals surface area contributed by atoms with Gasteiger partial charge in [-0.05, 0) is 24.2 Å². The molecule has 1 rings (SSSR count). The molecule has 0 aliphatic heterocycles. The molecule has 0 saturated carbocycles. The zero-order valence-corrected chi connectivity index (χ0v) is 10.4. The summed E-state index contributed by atoms with van der Waals surface area (Å²) in [6, 6.07) is 12.8. The number of rotatable bonds is 6. The van der Waals surface area contributed by atoms with Crippen molar-refractivity contribution in [2.75, 3.05) is 0 Å². The van der Waals surface area contributed by atoms with Gasteiger partial charge in [0.2, 0.25) is 9.04 Å². The maximum absolute atomic E-state index is 6.03. The lowest BCUT2D eigenvalue weighted by Crippen LogP contribution is -2.20. The lowest BCUT2D eigenvalue weighted by atomic mass is 10.3. The van der Waals surface area contributed by atoms with Gasteiger partial charge in [0.1, 0.15) is 5.75 Å². The minimum absolute atomic E-state index is 0.960. The average molecular weight is 208 g/mol. The number of para-hydroxylation sites is 1. The Hall–Kier alpha value is -0.763. The first-order valence-corrected chi connectivity index (χ1v) is 7.69. The lowest BCUT2D eigenvalue weighted by molar-refractivity contribution is 0.558. The molecule has 0 aliphatic carbocycles. The van der Waals surface area contributed by atoms with Crippen LogP contribution in [0.3, 0.4) is 0 Å². The Kier molecular flexibility index (Phi) is 5.38. The van der Waals surface area contributed by atoms with Crippen LogP contribution in [0.15, 0.2) is 30.3 Å². The molecule has 0 aromatic heterocycles. The van der Waals surface area contributed by atoms with E-state index in [0.29, 0.717) is 0 Å². The van der Waals surface area contributed by atoms with Gasteiger partial charge in [-0.1, -0.05) is 44.9 Å². The van der Waals surface area contributed by atoms with Crippen LogP contribution in [0.5, 0.6) is 5.75 Å². The summed E-state index contributed by atoms with van der Waals surface area (Å²) in [6.07, 6.45) is 2.51. The van der Waals surface area contributed by atoms with Crippen LogP contribution in [0.4, 0.5) is 0 Å². The molecule has 0 bridgehead atoms. The molecule has 0 N–H and O–H groups in total. The second-order valence-corrected chi connectivity index (χ2v) is 6.26. The average Bonchev–Trinajstić information content (AvgIpc) is 2.20. The molecule has 0 atom stereocenters. The molecule has 0 spiro atoms. The summed E-state index contributed by atoms with van der Waals surface area (Å²) in [5.74, 6) is 1.06. The Balaban J connectivity index is 2.46. The highest BCUT2D eigenvalue weighted by atomic mass is 28.3. The van der Waals surface area contributed by atoms with Crippen molar-refractivity contribution in [2.24, 2.45) is 0 Å². The summed E-state index contributed by atoms with van der Waals surface area (Å²) < 4.78 is 6.03. The first-order chi connectivity index (χ1) is 6.86. The number of hydrogen-bond donors (Lipinski definition) is 0. The third-order valence-corrected chi connectivity index (χ3v) is 5.32. The lowest BCUT2D eigenvalue weighted by Gasteiger charge is -2.16. The summed E-state index contributed by atoms with van der Waals surface area (Å²) in [7, 11) is -0.960. The van der Waals surface area contributed by atoms with Crippen molar-refractivity contribution in [1.29, 1.82) is 0 Å². The van der Waals surface area contributed by atoms with Gasteiger partial charge in [0, 0.05) is 0 Å². The van der Waals surface area contributed by atoms with E-state index in [1.54, 1.807) is 0 Å². The molecule has 0 saturated heterocycles. The standard InChI is InChI=1S/C12H20OSi/c1-3-10-14(11-4-2)13-12-8-6-5-7-9-12/h5-9,14H,3-4,10-11H2,1-2H3. The Morgan fingerprint density at radius 1 is 1.00 bits per heavy atom. The topological polar surface area (TPSA) is 9.23 Å². The smallest absolute Gasteiger partial charge is 0.235 e. The van der Waals surface area contributed by atoms with E-state index in [2.05, 4.69) is 26.0 Å². The normalized spacial score (nSPS) is 10.5. The zero-order chi connectivity index (χ0) is 10.2. The number of hydrogen-bond acceptors (Lipinski definition) is 1. The SMILES string of the molecule is CCC[SiH](CCC)Oc1ccccc1. The summed E-state index contributed by atoms with van der Waals surface area (Å²) in [4.78, 5) is 0. The van der Waals surface area contributed by atoms with Crippen LogP contribution in [0.2, 0.25) is 12.1 Å². The van der Waals surface area contributed by atoms with Crippen molar-refractivity contribution in [3.63, 3.8) is 0 Å². The van der Waals surface area contributed by atoms with Crippen LogP contribution in [0.1, 0.15) is 26.7 Å². The van der Waals surface area contributed by atoms with E-state index in [9.17, 15) is 0 Å². The van der Waals surface area contributed by atoms with Gasteiger partial charge < -0.3 is 4.43 Å². The van der Waals surface area contributed by atoms with E-state index in [1.807, 2.05) is 18.2 Å². The third kappa shape index (κ3) is 3.96. The molecule has 1 aromatic rings. The largest absolute Gasteiger partial charge is 0.546 e. The fourth-order valence-electron chi connectivity index (χ4n) is 1.60. The zero-order valence-electron chi connectivity index (χ0n) is 9.20. The third-order valence-electron chi connectivity index (χ3n) is 2.27. The molecule has 14 heavy (non-hydrogen) atoms. The van der Waals surface area contributed by atoms with E-state index in [4.69, 9.17) is 4.43 Å². The van der Waals surface area contributed by atoms with Crippen LogP contribution < -0.4 is 4.43 Å². The summed E-state index contributed by atoms with van der Waals surface area (Å²) in [5, 5.41) is 0. The van der Waals surface area contributed by atoms with E-state index < -0.39 is 9.04 Å². The van der Waals surface area contributed by atoms with Gasteiger partial charge in [0.25, 0.3) is 0 Å². The van der Waals surface area contributed by atoms with Crippen molar-refractivity contribution < 1.29 is 4.43 Å². The highest BCUT2D eigenvalue weighted by molar-refractivity contribution is 6.52. The molecule has 0 fully saturated rings. The fourth-order valence-corrected chi connectivity index (χ4v) is 3.95.